The third-order valence-electron chi connectivity index (χ3n) is 4.68. The lowest BCUT2D eigenvalue weighted by Gasteiger charge is -2.36. The van der Waals surface area contributed by atoms with Crippen molar-refractivity contribution in [1.82, 2.24) is 4.90 Å². The average molecular weight is 391 g/mol. The molecule has 0 N–H and O–H groups in total. The molecule has 2 aromatic carbocycles. The zero-order valence-electron chi connectivity index (χ0n) is 15.7. The Bertz CT molecular complexity index is 820. The Morgan fingerprint density at radius 3 is 2.11 bits per heavy atom. The molecule has 3 rings (SSSR count). The number of carbonyl (C=O) groups is 1. The summed E-state index contributed by atoms with van der Waals surface area (Å²) < 4.78 is 16.0. The summed E-state index contributed by atoms with van der Waals surface area (Å²) in [7, 11) is 4.77. The van der Waals surface area contributed by atoms with Crippen LogP contribution in [0.15, 0.2) is 36.4 Å². The van der Waals surface area contributed by atoms with Crippen LogP contribution in [0, 0.1) is 0 Å². The molecule has 1 heterocycles. The molecule has 0 unspecified atom stereocenters. The first-order valence-electron chi connectivity index (χ1n) is 8.67. The molecule has 0 saturated carbocycles. The molecule has 1 saturated heterocycles. The summed E-state index contributed by atoms with van der Waals surface area (Å²) in [5.74, 6) is 1.91. The molecule has 27 heavy (non-hydrogen) atoms. The predicted molar refractivity (Wildman–Crippen MR) is 106 cm³/mol. The van der Waals surface area contributed by atoms with E-state index in [1.54, 1.807) is 45.6 Å². The van der Waals surface area contributed by atoms with Crippen LogP contribution in [0.2, 0.25) is 5.02 Å². The highest BCUT2D eigenvalue weighted by atomic mass is 35.5. The molecule has 1 aliphatic rings. The maximum atomic E-state index is 12.9. The quantitative estimate of drug-likeness (QED) is 0.783. The van der Waals surface area contributed by atoms with E-state index >= 15 is 0 Å². The number of halogens is 1. The van der Waals surface area contributed by atoms with Gasteiger partial charge in [0.2, 0.25) is 0 Å². The summed E-state index contributed by atoms with van der Waals surface area (Å²) in [5.41, 5.74) is 1.53. The van der Waals surface area contributed by atoms with E-state index in [4.69, 9.17) is 25.8 Å². The number of amides is 1. The van der Waals surface area contributed by atoms with Gasteiger partial charge < -0.3 is 24.0 Å². The van der Waals surface area contributed by atoms with Crippen LogP contribution in [0.3, 0.4) is 0 Å². The minimum absolute atomic E-state index is 0.0198. The van der Waals surface area contributed by atoms with Gasteiger partial charge in [-0.15, -0.1) is 0 Å². The standard InChI is InChI=1S/C20H23ClN2O4/c1-25-17-7-5-15(21)13-16(17)22-8-10-23(11-9-22)20(24)14-4-6-18(26-2)19(12-14)27-3/h4-7,12-13H,8-11H2,1-3H3. The van der Waals surface area contributed by atoms with Crippen molar-refractivity contribution in [3.63, 3.8) is 0 Å². The summed E-state index contributed by atoms with van der Waals surface area (Å²) in [5, 5.41) is 0.662. The van der Waals surface area contributed by atoms with Crippen LogP contribution in [0.25, 0.3) is 0 Å². The highest BCUT2D eigenvalue weighted by Gasteiger charge is 2.24. The van der Waals surface area contributed by atoms with Gasteiger partial charge in [-0.2, -0.15) is 0 Å². The number of rotatable bonds is 5. The van der Waals surface area contributed by atoms with Crippen molar-refractivity contribution in [1.29, 1.82) is 0 Å². The number of hydrogen-bond acceptors (Lipinski definition) is 5. The Balaban J connectivity index is 1.71. The molecular weight excluding hydrogens is 368 g/mol. The summed E-state index contributed by atoms with van der Waals surface area (Å²) in [4.78, 5) is 16.9. The fourth-order valence-electron chi connectivity index (χ4n) is 3.21. The molecule has 0 atom stereocenters. The summed E-state index contributed by atoms with van der Waals surface area (Å²) in [6.07, 6.45) is 0. The Morgan fingerprint density at radius 2 is 1.48 bits per heavy atom. The van der Waals surface area contributed by atoms with E-state index in [-0.39, 0.29) is 5.91 Å². The summed E-state index contributed by atoms with van der Waals surface area (Å²) in [6.45, 7) is 2.64. The van der Waals surface area contributed by atoms with Crippen molar-refractivity contribution in [3.05, 3.63) is 47.0 Å². The Morgan fingerprint density at radius 1 is 0.852 bits per heavy atom. The van der Waals surface area contributed by atoms with Crippen LogP contribution in [-0.2, 0) is 0 Å². The molecule has 0 spiro atoms. The number of benzene rings is 2. The maximum Gasteiger partial charge on any atom is 0.254 e. The highest BCUT2D eigenvalue weighted by molar-refractivity contribution is 6.30. The van der Waals surface area contributed by atoms with E-state index in [1.165, 1.54) is 0 Å². The highest BCUT2D eigenvalue weighted by Crippen LogP contribution is 2.32. The predicted octanol–water partition coefficient (Wildman–Crippen LogP) is 3.33. The monoisotopic (exact) mass is 390 g/mol. The maximum absolute atomic E-state index is 12.9. The number of piperazine rings is 1. The minimum atomic E-state index is -0.0198. The van der Waals surface area contributed by atoms with E-state index < -0.39 is 0 Å². The van der Waals surface area contributed by atoms with Gasteiger partial charge in [-0.3, -0.25) is 4.79 Å². The third kappa shape index (κ3) is 4.06. The van der Waals surface area contributed by atoms with Gasteiger partial charge in [0.15, 0.2) is 11.5 Å². The number of anilines is 1. The molecule has 144 valence electrons. The number of ether oxygens (including phenoxy) is 3. The molecule has 0 radical (unpaired) electrons. The van der Waals surface area contributed by atoms with Crippen molar-refractivity contribution >= 4 is 23.2 Å². The fraction of sp³-hybridized carbons (Fsp3) is 0.350. The largest absolute Gasteiger partial charge is 0.495 e. The van der Waals surface area contributed by atoms with Crippen LogP contribution in [-0.4, -0.2) is 58.3 Å². The number of methoxy groups -OCH3 is 3. The van der Waals surface area contributed by atoms with Gasteiger partial charge in [0.1, 0.15) is 5.75 Å². The first-order valence-corrected chi connectivity index (χ1v) is 9.05. The van der Waals surface area contributed by atoms with Crippen molar-refractivity contribution in [2.75, 3.05) is 52.4 Å². The normalized spacial score (nSPS) is 14.1. The van der Waals surface area contributed by atoms with Crippen LogP contribution < -0.4 is 19.1 Å². The molecule has 0 aromatic heterocycles. The number of hydrogen-bond donors (Lipinski definition) is 0. The van der Waals surface area contributed by atoms with Crippen molar-refractivity contribution in [2.45, 2.75) is 0 Å². The zero-order valence-corrected chi connectivity index (χ0v) is 16.5. The molecule has 6 nitrogen and oxygen atoms in total. The minimum Gasteiger partial charge on any atom is -0.495 e. The van der Waals surface area contributed by atoms with Crippen LogP contribution >= 0.6 is 11.6 Å². The average Bonchev–Trinajstić information content (AvgIpc) is 2.72. The second-order valence-electron chi connectivity index (χ2n) is 6.17. The molecule has 1 aliphatic heterocycles. The molecule has 0 aliphatic carbocycles. The lowest BCUT2D eigenvalue weighted by atomic mass is 10.1. The molecule has 1 fully saturated rings. The Labute approximate surface area is 164 Å². The van der Waals surface area contributed by atoms with E-state index in [0.29, 0.717) is 48.3 Å². The summed E-state index contributed by atoms with van der Waals surface area (Å²) >= 11 is 6.14. The van der Waals surface area contributed by atoms with Crippen LogP contribution in [0.4, 0.5) is 5.69 Å². The Kier molecular flexibility index (Phi) is 5.96. The van der Waals surface area contributed by atoms with Gasteiger partial charge in [-0.25, -0.2) is 0 Å². The van der Waals surface area contributed by atoms with E-state index in [1.807, 2.05) is 17.0 Å². The van der Waals surface area contributed by atoms with Crippen LogP contribution in [0.1, 0.15) is 10.4 Å². The van der Waals surface area contributed by atoms with Gasteiger partial charge in [-0.1, -0.05) is 11.6 Å². The van der Waals surface area contributed by atoms with Crippen molar-refractivity contribution in [3.8, 4) is 17.2 Å². The van der Waals surface area contributed by atoms with Gasteiger partial charge >= 0.3 is 0 Å². The molecule has 1 amide bonds. The van der Waals surface area contributed by atoms with Gasteiger partial charge in [0.05, 0.1) is 27.0 Å². The molecule has 0 bridgehead atoms. The van der Waals surface area contributed by atoms with Crippen molar-refractivity contribution in [2.24, 2.45) is 0 Å². The van der Waals surface area contributed by atoms with Gasteiger partial charge in [-0.05, 0) is 36.4 Å². The lowest BCUT2D eigenvalue weighted by molar-refractivity contribution is 0.0746. The van der Waals surface area contributed by atoms with E-state index in [9.17, 15) is 4.79 Å². The van der Waals surface area contributed by atoms with E-state index in [0.717, 1.165) is 11.4 Å². The van der Waals surface area contributed by atoms with Crippen LogP contribution in [0.5, 0.6) is 17.2 Å². The first-order chi connectivity index (χ1) is 13.1. The second kappa shape index (κ2) is 8.39. The number of nitrogens with zero attached hydrogens (tertiary/aromatic N) is 2. The topological polar surface area (TPSA) is 51.2 Å². The smallest absolute Gasteiger partial charge is 0.254 e. The van der Waals surface area contributed by atoms with Gasteiger partial charge in [0, 0.05) is 36.8 Å². The molecular formula is C20H23ClN2O4. The lowest BCUT2D eigenvalue weighted by Crippen LogP contribution is -2.48. The van der Waals surface area contributed by atoms with E-state index in [2.05, 4.69) is 4.90 Å². The second-order valence-corrected chi connectivity index (χ2v) is 6.60. The third-order valence-corrected chi connectivity index (χ3v) is 4.91. The Hall–Kier alpha value is -2.60. The van der Waals surface area contributed by atoms with Crippen molar-refractivity contribution < 1.29 is 19.0 Å². The first kappa shape index (κ1) is 19.2. The fourth-order valence-corrected chi connectivity index (χ4v) is 3.38. The van der Waals surface area contributed by atoms with Gasteiger partial charge in [0.25, 0.3) is 5.91 Å². The number of carbonyl (C=O) groups excluding carboxylic acids is 1. The SMILES string of the molecule is COc1ccc(C(=O)N2CCN(c3cc(Cl)ccc3OC)CC2)cc1OC. The summed E-state index contributed by atoms with van der Waals surface area (Å²) in [6, 6.07) is 10.8. The zero-order chi connectivity index (χ0) is 19.4. The molecule has 2 aromatic rings. The molecule has 7 heteroatoms.